The molecule has 0 fully saturated rings. The lowest BCUT2D eigenvalue weighted by Gasteiger charge is -2.08. The van der Waals surface area contributed by atoms with Crippen LogP contribution in [0, 0.1) is 0 Å². The third-order valence-corrected chi connectivity index (χ3v) is 2.01. The summed E-state index contributed by atoms with van der Waals surface area (Å²) in [5.74, 6) is 0. The summed E-state index contributed by atoms with van der Waals surface area (Å²) in [4.78, 5) is 0. The van der Waals surface area contributed by atoms with E-state index in [0.717, 1.165) is 0 Å². The van der Waals surface area contributed by atoms with Gasteiger partial charge in [-0.15, -0.1) is 0 Å². The van der Waals surface area contributed by atoms with Crippen LogP contribution < -0.4 is 0 Å². The minimum Gasteiger partial charge on any atom is -0.290 e. The molecular formula is C3H12O4P2. The Kier molecular flexibility index (Phi) is 7.25. The minimum absolute atomic E-state index is 0. The van der Waals surface area contributed by atoms with E-state index >= 15 is 0 Å². The highest BCUT2D eigenvalue weighted by atomic mass is 31.2. The second-order valence-corrected chi connectivity index (χ2v) is 2.98. The van der Waals surface area contributed by atoms with Gasteiger partial charge in [-0.2, -0.15) is 9.90 Å². The van der Waals surface area contributed by atoms with Gasteiger partial charge in [0.05, 0.1) is 0 Å². The van der Waals surface area contributed by atoms with Crippen LogP contribution in [0.1, 0.15) is 0 Å². The van der Waals surface area contributed by atoms with Gasteiger partial charge in [0.15, 0.2) is 0 Å². The summed E-state index contributed by atoms with van der Waals surface area (Å²) in [5.41, 5.74) is 0. The van der Waals surface area contributed by atoms with E-state index in [4.69, 9.17) is 0 Å². The summed E-state index contributed by atoms with van der Waals surface area (Å²) in [5, 5.41) is 0. The van der Waals surface area contributed by atoms with Crippen LogP contribution in [0.5, 0.6) is 0 Å². The van der Waals surface area contributed by atoms with Gasteiger partial charge in [-0.25, -0.2) is 4.57 Å². The van der Waals surface area contributed by atoms with Gasteiger partial charge in [-0.3, -0.25) is 13.6 Å². The lowest BCUT2D eigenvalue weighted by Crippen LogP contribution is -1.88. The summed E-state index contributed by atoms with van der Waals surface area (Å²) in [7, 11) is 0.611. The molecule has 1 atom stereocenters. The Morgan fingerprint density at radius 1 is 1.00 bits per heavy atom. The maximum atomic E-state index is 10.7. The molecule has 1 unspecified atom stereocenters. The molecule has 0 N–H and O–H groups in total. The molecule has 0 spiro atoms. The Morgan fingerprint density at radius 2 is 1.22 bits per heavy atom. The predicted molar refractivity (Wildman–Crippen MR) is 39.7 cm³/mol. The fourth-order valence-electron chi connectivity index (χ4n) is 0.224. The number of hydrogen-bond acceptors (Lipinski definition) is 4. The summed E-state index contributed by atoms with van der Waals surface area (Å²) in [6.07, 6.45) is 0. The summed E-state index contributed by atoms with van der Waals surface area (Å²) in [6, 6.07) is 0. The lowest BCUT2D eigenvalue weighted by atomic mass is 11.8. The zero-order chi connectivity index (χ0) is 6.62. The molecule has 0 amide bonds. The minimum atomic E-state index is -3.16. The highest BCUT2D eigenvalue weighted by molar-refractivity contribution is 7.48. The summed E-state index contributed by atoms with van der Waals surface area (Å²) >= 11 is 0. The molecule has 0 aromatic rings. The van der Waals surface area contributed by atoms with E-state index in [2.05, 4.69) is 13.6 Å². The van der Waals surface area contributed by atoms with Crippen LogP contribution in [-0.4, -0.2) is 21.3 Å². The number of rotatable bonds is 3. The molecule has 0 heterocycles. The van der Waals surface area contributed by atoms with Crippen LogP contribution in [0.4, 0.5) is 0 Å². The van der Waals surface area contributed by atoms with Gasteiger partial charge >= 0.3 is 7.82 Å². The largest absolute Gasteiger partial charge is 0.473 e. The van der Waals surface area contributed by atoms with E-state index in [1.165, 1.54) is 21.3 Å². The van der Waals surface area contributed by atoms with E-state index in [1.807, 2.05) is 0 Å². The second-order valence-electron chi connectivity index (χ2n) is 0.995. The van der Waals surface area contributed by atoms with Crippen LogP contribution in [0.2, 0.25) is 0 Å². The van der Waals surface area contributed by atoms with Crippen molar-refractivity contribution in [2.45, 2.75) is 0 Å². The smallest absolute Gasteiger partial charge is 0.290 e. The third kappa shape index (κ3) is 4.01. The molecule has 0 saturated heterocycles. The Hall–Kier alpha value is 0.540. The summed E-state index contributed by atoms with van der Waals surface area (Å²) in [6.45, 7) is 0. The maximum absolute atomic E-state index is 10.7. The van der Waals surface area contributed by atoms with Crippen LogP contribution in [0.25, 0.3) is 0 Å². The first-order chi connectivity index (χ1) is 3.68. The molecule has 0 rings (SSSR count). The Balaban J connectivity index is 0. The first-order valence-corrected chi connectivity index (χ1v) is 3.42. The van der Waals surface area contributed by atoms with Crippen LogP contribution >= 0.6 is 17.7 Å². The summed E-state index contributed by atoms with van der Waals surface area (Å²) < 4.78 is 23.7. The van der Waals surface area contributed by atoms with Gasteiger partial charge in [0.25, 0.3) is 0 Å². The lowest BCUT2D eigenvalue weighted by molar-refractivity contribution is 0.178. The zero-order valence-electron chi connectivity index (χ0n) is 5.79. The first-order valence-electron chi connectivity index (χ1n) is 1.96. The highest BCUT2D eigenvalue weighted by Gasteiger charge is 2.18. The van der Waals surface area contributed by atoms with Gasteiger partial charge in [0.1, 0.15) is 0 Å². The second kappa shape index (κ2) is 5.33. The van der Waals surface area contributed by atoms with Crippen molar-refractivity contribution < 1.29 is 18.1 Å². The average molecular weight is 174 g/mol. The van der Waals surface area contributed by atoms with Crippen molar-refractivity contribution in [3.63, 3.8) is 0 Å². The van der Waals surface area contributed by atoms with E-state index in [0.29, 0.717) is 0 Å². The maximum Gasteiger partial charge on any atom is 0.473 e. The SMILES string of the molecule is COP(=O)(OC)OC.P. The van der Waals surface area contributed by atoms with Gasteiger partial charge < -0.3 is 0 Å². The molecule has 0 radical (unpaired) electrons. The quantitative estimate of drug-likeness (QED) is 0.600. The predicted octanol–water partition coefficient (Wildman–Crippen LogP) is 1.09. The van der Waals surface area contributed by atoms with Crippen molar-refractivity contribution in [1.82, 2.24) is 0 Å². The standard InChI is InChI=1S/C3H9O4P.H3P/c1-5-8(4,6-2)7-3;/h1-3H3;1H3. The molecule has 0 aromatic heterocycles. The van der Waals surface area contributed by atoms with Crippen molar-refractivity contribution in [2.24, 2.45) is 0 Å². The molecule has 0 bridgehead atoms. The van der Waals surface area contributed by atoms with Gasteiger partial charge in [0.2, 0.25) is 0 Å². The molecule has 0 aliphatic heterocycles. The molecule has 9 heavy (non-hydrogen) atoms. The van der Waals surface area contributed by atoms with Gasteiger partial charge in [0, 0.05) is 21.3 Å². The highest BCUT2D eigenvalue weighted by Crippen LogP contribution is 2.46. The van der Waals surface area contributed by atoms with Crippen molar-refractivity contribution in [2.75, 3.05) is 21.3 Å². The normalized spacial score (nSPS) is 10.6. The average Bonchev–Trinajstić information content (AvgIpc) is 1.87. The van der Waals surface area contributed by atoms with Crippen molar-refractivity contribution in [1.29, 1.82) is 0 Å². The molecule has 6 heteroatoms. The van der Waals surface area contributed by atoms with Crippen LogP contribution in [-0.2, 0) is 18.1 Å². The van der Waals surface area contributed by atoms with E-state index in [1.54, 1.807) is 0 Å². The van der Waals surface area contributed by atoms with E-state index < -0.39 is 7.82 Å². The topological polar surface area (TPSA) is 44.8 Å². The Morgan fingerprint density at radius 3 is 1.22 bits per heavy atom. The third-order valence-electron chi connectivity index (χ3n) is 0.671. The zero-order valence-corrected chi connectivity index (χ0v) is 8.10. The fourth-order valence-corrected chi connectivity index (χ4v) is 0.671. The van der Waals surface area contributed by atoms with Crippen molar-refractivity contribution in [3.8, 4) is 0 Å². The van der Waals surface area contributed by atoms with Crippen LogP contribution in [0.15, 0.2) is 0 Å². The molecule has 58 valence electrons. The van der Waals surface area contributed by atoms with E-state index in [9.17, 15) is 4.57 Å². The van der Waals surface area contributed by atoms with Crippen LogP contribution in [0.3, 0.4) is 0 Å². The molecule has 0 aromatic carbocycles. The fraction of sp³-hybridized carbons (Fsp3) is 1.00. The van der Waals surface area contributed by atoms with Gasteiger partial charge in [-0.1, -0.05) is 0 Å². The monoisotopic (exact) mass is 174 g/mol. The number of phosphoric acid groups is 1. The molecule has 4 nitrogen and oxygen atoms in total. The Labute approximate surface area is 58.1 Å². The number of phosphoric ester groups is 1. The molecule has 0 aliphatic carbocycles. The van der Waals surface area contributed by atoms with Gasteiger partial charge in [-0.05, 0) is 0 Å². The van der Waals surface area contributed by atoms with E-state index in [-0.39, 0.29) is 9.90 Å². The molecule has 0 saturated carbocycles. The molecule has 0 aliphatic rings. The Bertz CT molecular complexity index is 85.0. The van der Waals surface area contributed by atoms with Crippen molar-refractivity contribution >= 4 is 17.7 Å². The first kappa shape index (κ1) is 12.2. The number of hydrogen-bond donors (Lipinski definition) is 0. The molecular weight excluding hydrogens is 162 g/mol. The van der Waals surface area contributed by atoms with Crippen molar-refractivity contribution in [3.05, 3.63) is 0 Å².